The molecule has 20 heavy (non-hydrogen) atoms. The van der Waals surface area contributed by atoms with Crippen LogP contribution in [0.4, 0.5) is 5.69 Å². The van der Waals surface area contributed by atoms with E-state index >= 15 is 0 Å². The van der Waals surface area contributed by atoms with Crippen LogP contribution in [0.1, 0.15) is 12.5 Å². The average Bonchev–Trinajstić information content (AvgIpc) is 2.46. The van der Waals surface area contributed by atoms with Crippen LogP contribution in [0.5, 0.6) is 0 Å². The third-order valence-electron chi connectivity index (χ3n) is 2.92. The summed E-state index contributed by atoms with van der Waals surface area (Å²) in [6.45, 7) is 3.25. The minimum Gasteiger partial charge on any atom is -0.322 e. The molecule has 2 N–H and O–H groups in total. The standard InChI is InChI=1S/C14H15N3O3/c1-2-15-9-11-6-7-13(16-14(11)18)10-4-3-5-12(8-10)17(19)20/h3-8,15H,2,9H2,1H3,(H,16,18). The summed E-state index contributed by atoms with van der Waals surface area (Å²) >= 11 is 0. The van der Waals surface area contributed by atoms with Crippen LogP contribution in [0.2, 0.25) is 0 Å². The Kier molecular flexibility index (Phi) is 4.27. The number of aromatic nitrogens is 1. The maximum atomic E-state index is 11.9. The minimum absolute atomic E-state index is 0.0000696. The van der Waals surface area contributed by atoms with Crippen molar-refractivity contribution in [3.63, 3.8) is 0 Å². The summed E-state index contributed by atoms with van der Waals surface area (Å²) in [4.78, 5) is 24.9. The Balaban J connectivity index is 2.34. The number of nitro groups is 1. The lowest BCUT2D eigenvalue weighted by molar-refractivity contribution is -0.384. The molecule has 0 radical (unpaired) electrons. The fourth-order valence-electron chi connectivity index (χ4n) is 1.86. The van der Waals surface area contributed by atoms with Gasteiger partial charge in [0.25, 0.3) is 11.2 Å². The van der Waals surface area contributed by atoms with Gasteiger partial charge in [0.2, 0.25) is 0 Å². The first-order valence-corrected chi connectivity index (χ1v) is 6.29. The molecule has 2 rings (SSSR count). The summed E-state index contributed by atoms with van der Waals surface area (Å²) in [5.74, 6) is 0. The first-order chi connectivity index (χ1) is 9.61. The van der Waals surface area contributed by atoms with Crippen molar-refractivity contribution in [3.05, 3.63) is 62.4 Å². The molecule has 6 heteroatoms. The smallest absolute Gasteiger partial charge is 0.270 e. The fraction of sp³-hybridized carbons (Fsp3) is 0.214. The summed E-state index contributed by atoms with van der Waals surface area (Å²) < 4.78 is 0. The van der Waals surface area contributed by atoms with Gasteiger partial charge in [-0.1, -0.05) is 25.1 Å². The van der Waals surface area contributed by atoms with Gasteiger partial charge in [-0.3, -0.25) is 14.9 Å². The van der Waals surface area contributed by atoms with Gasteiger partial charge >= 0.3 is 0 Å². The van der Waals surface area contributed by atoms with Gasteiger partial charge in [0, 0.05) is 35.5 Å². The van der Waals surface area contributed by atoms with Gasteiger partial charge < -0.3 is 10.3 Å². The van der Waals surface area contributed by atoms with Gasteiger partial charge in [-0.05, 0) is 12.6 Å². The maximum Gasteiger partial charge on any atom is 0.270 e. The molecule has 0 saturated heterocycles. The van der Waals surface area contributed by atoms with Gasteiger partial charge in [0.15, 0.2) is 0 Å². The van der Waals surface area contributed by atoms with E-state index in [1.54, 1.807) is 24.3 Å². The Hall–Kier alpha value is -2.47. The first kappa shape index (κ1) is 14.0. The van der Waals surface area contributed by atoms with Gasteiger partial charge in [0.05, 0.1) is 4.92 Å². The fourth-order valence-corrected chi connectivity index (χ4v) is 1.86. The van der Waals surface area contributed by atoms with Crippen LogP contribution >= 0.6 is 0 Å². The van der Waals surface area contributed by atoms with E-state index in [0.717, 1.165) is 6.54 Å². The second-order valence-corrected chi connectivity index (χ2v) is 4.31. The van der Waals surface area contributed by atoms with Crippen LogP contribution in [0, 0.1) is 10.1 Å². The number of hydrogen-bond acceptors (Lipinski definition) is 4. The number of pyridine rings is 1. The van der Waals surface area contributed by atoms with Crippen molar-refractivity contribution in [3.8, 4) is 11.3 Å². The summed E-state index contributed by atoms with van der Waals surface area (Å²) in [7, 11) is 0. The molecule has 104 valence electrons. The lowest BCUT2D eigenvalue weighted by Gasteiger charge is -2.05. The van der Waals surface area contributed by atoms with Crippen molar-refractivity contribution >= 4 is 5.69 Å². The summed E-state index contributed by atoms with van der Waals surface area (Å²) in [6.07, 6.45) is 0. The lowest BCUT2D eigenvalue weighted by atomic mass is 10.1. The van der Waals surface area contributed by atoms with Crippen molar-refractivity contribution in [2.45, 2.75) is 13.5 Å². The number of aromatic amines is 1. The topological polar surface area (TPSA) is 88.0 Å². The molecule has 0 bridgehead atoms. The molecular weight excluding hydrogens is 258 g/mol. The van der Waals surface area contributed by atoms with E-state index in [1.807, 2.05) is 6.92 Å². The second kappa shape index (κ2) is 6.12. The van der Waals surface area contributed by atoms with Crippen LogP contribution in [0.15, 0.2) is 41.2 Å². The Labute approximate surface area is 115 Å². The largest absolute Gasteiger partial charge is 0.322 e. The number of nitro benzene ring substituents is 1. The van der Waals surface area contributed by atoms with E-state index < -0.39 is 4.92 Å². The summed E-state index contributed by atoms with van der Waals surface area (Å²) in [5.41, 5.74) is 1.64. The molecule has 1 heterocycles. The van der Waals surface area contributed by atoms with Gasteiger partial charge in [-0.2, -0.15) is 0 Å². The molecule has 0 atom stereocenters. The molecule has 0 spiro atoms. The highest BCUT2D eigenvalue weighted by Crippen LogP contribution is 2.21. The highest BCUT2D eigenvalue weighted by molar-refractivity contribution is 5.62. The number of benzene rings is 1. The Morgan fingerprint density at radius 3 is 2.75 bits per heavy atom. The van der Waals surface area contributed by atoms with Gasteiger partial charge in [0.1, 0.15) is 0 Å². The number of H-pyrrole nitrogens is 1. The molecule has 0 aliphatic carbocycles. The van der Waals surface area contributed by atoms with Crippen LogP contribution in [-0.2, 0) is 6.54 Å². The number of hydrogen-bond donors (Lipinski definition) is 2. The molecule has 2 aromatic rings. The number of rotatable bonds is 5. The van der Waals surface area contributed by atoms with Crippen LogP contribution < -0.4 is 10.9 Å². The molecule has 0 aliphatic rings. The first-order valence-electron chi connectivity index (χ1n) is 6.29. The maximum absolute atomic E-state index is 11.9. The lowest BCUT2D eigenvalue weighted by Crippen LogP contribution is -2.20. The van der Waals surface area contributed by atoms with Crippen LogP contribution in [-0.4, -0.2) is 16.5 Å². The quantitative estimate of drug-likeness (QED) is 0.644. The highest BCUT2D eigenvalue weighted by atomic mass is 16.6. The third kappa shape index (κ3) is 3.10. The summed E-state index contributed by atoms with van der Waals surface area (Å²) in [6, 6.07) is 9.67. The number of nitrogens with zero attached hydrogens (tertiary/aromatic N) is 1. The monoisotopic (exact) mass is 273 g/mol. The minimum atomic E-state index is -0.457. The van der Waals surface area contributed by atoms with Crippen LogP contribution in [0.3, 0.4) is 0 Å². The predicted molar refractivity (Wildman–Crippen MR) is 76.5 cm³/mol. The molecule has 0 amide bonds. The molecule has 0 saturated carbocycles. The van der Waals surface area contributed by atoms with Gasteiger partial charge in [-0.15, -0.1) is 0 Å². The van der Waals surface area contributed by atoms with E-state index in [2.05, 4.69) is 10.3 Å². The van der Waals surface area contributed by atoms with Crippen molar-refractivity contribution in [2.24, 2.45) is 0 Å². The van der Waals surface area contributed by atoms with Crippen molar-refractivity contribution in [2.75, 3.05) is 6.54 Å². The predicted octanol–water partition coefficient (Wildman–Crippen LogP) is 2.06. The van der Waals surface area contributed by atoms with E-state index in [9.17, 15) is 14.9 Å². The zero-order valence-corrected chi connectivity index (χ0v) is 11.1. The zero-order chi connectivity index (χ0) is 14.5. The SMILES string of the molecule is CCNCc1ccc(-c2cccc([N+](=O)[O-])c2)[nH]c1=O. The average molecular weight is 273 g/mol. The Morgan fingerprint density at radius 1 is 1.30 bits per heavy atom. The third-order valence-corrected chi connectivity index (χ3v) is 2.92. The Bertz CT molecular complexity index is 679. The highest BCUT2D eigenvalue weighted by Gasteiger charge is 2.08. The molecular formula is C14H15N3O3. The molecule has 0 fully saturated rings. The normalized spacial score (nSPS) is 10.4. The van der Waals surface area contributed by atoms with Crippen molar-refractivity contribution in [1.82, 2.24) is 10.3 Å². The van der Waals surface area contributed by atoms with E-state index in [0.29, 0.717) is 23.4 Å². The zero-order valence-electron chi connectivity index (χ0n) is 11.1. The molecule has 0 unspecified atom stereocenters. The molecule has 1 aromatic heterocycles. The molecule has 6 nitrogen and oxygen atoms in total. The van der Waals surface area contributed by atoms with E-state index in [1.165, 1.54) is 12.1 Å². The summed E-state index contributed by atoms with van der Waals surface area (Å²) in [5, 5.41) is 13.8. The van der Waals surface area contributed by atoms with Gasteiger partial charge in [-0.25, -0.2) is 0 Å². The Morgan fingerprint density at radius 2 is 2.10 bits per heavy atom. The van der Waals surface area contributed by atoms with E-state index in [-0.39, 0.29) is 11.2 Å². The second-order valence-electron chi connectivity index (χ2n) is 4.31. The van der Waals surface area contributed by atoms with E-state index in [4.69, 9.17) is 0 Å². The molecule has 0 aliphatic heterocycles. The molecule has 1 aromatic carbocycles. The number of non-ortho nitro benzene ring substituents is 1. The van der Waals surface area contributed by atoms with Crippen molar-refractivity contribution < 1.29 is 4.92 Å². The number of nitrogens with one attached hydrogen (secondary N) is 2. The van der Waals surface area contributed by atoms with Crippen LogP contribution in [0.25, 0.3) is 11.3 Å². The van der Waals surface area contributed by atoms with Crippen molar-refractivity contribution in [1.29, 1.82) is 0 Å².